The SMILES string of the molecule is C1CC2CNCC2C1.CCC/C=C/c1ccc(-c2c(C)c(C(=O)N3CCCCC3)nn2-c2ccc(Cl)cc2Cl)s1.CCC/C=C/c1ccc(-c2c(C)c(C(=O)NC3CCCCC3)nn2-c2ccc(Cl)cc2Cl)s1.CCC/C=C/c1ccc(-c2c(C)c(C(=O)NN3CCCCC3)nn2-c2ccc(Cl)cc2Cl)s1.CCC/C=C/c1ccc(-c2c(C)c(C(N)=O)nn2-c2ccc(Cl)cc2Cl)s1. The number of rotatable bonds is 26. The monoisotopic (exact) mass is 2020 g/mol. The van der Waals surface area contributed by atoms with E-state index in [4.69, 9.17) is 114 Å². The van der Waals surface area contributed by atoms with E-state index in [0.29, 0.717) is 80.0 Å². The van der Waals surface area contributed by atoms with Crippen LogP contribution in [-0.4, -0.2) is 118 Å². The topological polar surface area (TPSA) is 208 Å². The third kappa shape index (κ3) is 26.3. The molecule has 5 fully saturated rings. The number of thiophene rings is 4. The zero-order valence-corrected chi connectivity index (χ0v) is 85.8. The standard InChI is InChI=1S/C26H29Cl2N3OS.C25H28Cl2N4OS.C25H27Cl2N3OS.C20H19Cl2N3OS.C7H13N/c1-3-4-6-11-20-13-15-23(33-20)25-17(2)24(26(32)29-19-9-7-5-8-10-19)30-31(25)22-14-12-18(27)16-21(22)28;1-3-4-6-9-19-11-13-22(33-19)24-17(2)23(25(32)29-30-14-7-5-8-15-30)28-31(24)21-12-10-18(26)16-20(21)27;1-3-4-6-9-19-11-13-22(32-19)24-17(2)23(25(31)29-14-7-5-8-15-29)28-30(24)21-12-10-18(26)16-20(21)27;1-3-4-5-6-14-8-10-17(27-14)19-12(2)18(20(23)26)24-25(19)16-9-7-13(21)11-15(16)22;1-2-6-4-8-5-7(6)3-1/h6,11-16,19H,3-5,7-10H2,1-2H3,(H,29,32);6,9-13,16H,3-5,7-8,14-15H2,1-2H3,(H,29,32);6,9-13,16H,3-5,7-8,14-15H2,1-2H3;5-11H,3-4H2,1-2H3,(H2,23,26);6-8H,1-5H2/b11-6+;2*9-6+;6-5+;. The minimum atomic E-state index is -0.572. The number of halogens is 8. The van der Waals surface area contributed by atoms with E-state index in [1.165, 1.54) is 61.4 Å². The number of hydrogen-bond acceptors (Lipinski definition) is 14. The fourth-order valence-electron chi connectivity index (χ4n) is 17.1. The maximum absolute atomic E-state index is 13.4. The van der Waals surface area contributed by atoms with Crippen molar-refractivity contribution in [1.29, 1.82) is 0 Å². The predicted octanol–water partition coefficient (Wildman–Crippen LogP) is 30.0. The summed E-state index contributed by atoms with van der Waals surface area (Å²) >= 11 is 57.1. The molecule has 702 valence electrons. The molecule has 3 aliphatic heterocycles. The molecule has 30 heteroatoms. The number of nitrogens with one attached hydrogen (secondary N) is 3. The Hall–Kier alpha value is -8.40. The number of nitrogens with two attached hydrogens (primary N) is 1. The molecule has 18 nitrogen and oxygen atoms in total. The minimum absolute atomic E-state index is 0.00749. The number of amides is 4. The van der Waals surface area contributed by atoms with Gasteiger partial charge >= 0.3 is 0 Å². The summed E-state index contributed by atoms with van der Waals surface area (Å²) in [5.74, 6) is 1.23. The molecular weight excluding hydrogens is 1910 g/mol. The predicted molar refractivity (Wildman–Crippen MR) is 562 cm³/mol. The molecule has 4 aromatic carbocycles. The first-order valence-electron chi connectivity index (χ1n) is 46.3. The highest BCUT2D eigenvalue weighted by atomic mass is 35.5. The third-order valence-electron chi connectivity index (χ3n) is 24.1. The molecule has 0 spiro atoms. The Balaban J connectivity index is 0.000000146. The fraction of sp³-hybridized carbons (Fsp3) is 0.379. The second kappa shape index (κ2) is 49.6. The highest BCUT2D eigenvalue weighted by Gasteiger charge is 2.34. The van der Waals surface area contributed by atoms with E-state index in [-0.39, 0.29) is 29.5 Å². The van der Waals surface area contributed by atoms with E-state index in [1.54, 1.807) is 119 Å². The number of carbonyl (C=O) groups is 4. The van der Waals surface area contributed by atoms with Gasteiger partial charge in [0.15, 0.2) is 22.8 Å². The van der Waals surface area contributed by atoms with Gasteiger partial charge in [-0.1, -0.05) is 203 Å². The van der Waals surface area contributed by atoms with Crippen molar-refractivity contribution < 1.29 is 19.2 Å². The molecule has 3 saturated heterocycles. The van der Waals surface area contributed by atoms with Crippen LogP contribution in [0.25, 0.3) is 89.3 Å². The molecule has 17 rings (SSSR count). The summed E-state index contributed by atoms with van der Waals surface area (Å²) in [7, 11) is 0. The molecule has 2 aliphatic carbocycles. The smallest absolute Gasteiger partial charge is 0.286 e. The molecule has 8 aromatic heterocycles. The molecule has 5 N–H and O–H groups in total. The van der Waals surface area contributed by atoms with Crippen LogP contribution in [0.2, 0.25) is 40.2 Å². The van der Waals surface area contributed by atoms with Gasteiger partial charge in [0.05, 0.1) is 85.1 Å². The number of benzene rings is 4. The first-order chi connectivity index (χ1) is 64.3. The van der Waals surface area contributed by atoms with Crippen LogP contribution in [0.1, 0.15) is 253 Å². The lowest BCUT2D eigenvalue weighted by Crippen LogP contribution is -2.45. The van der Waals surface area contributed by atoms with E-state index in [9.17, 15) is 19.2 Å². The summed E-state index contributed by atoms with van der Waals surface area (Å²) in [6.45, 7) is 22.3. The summed E-state index contributed by atoms with van der Waals surface area (Å²) in [5.41, 5.74) is 19.6. The minimum Gasteiger partial charge on any atom is -0.364 e. The Kier molecular flexibility index (Phi) is 38.0. The summed E-state index contributed by atoms with van der Waals surface area (Å²) < 4.78 is 7.02. The van der Waals surface area contributed by atoms with Crippen LogP contribution < -0.4 is 21.8 Å². The Morgan fingerprint density at radius 2 is 0.707 bits per heavy atom. The van der Waals surface area contributed by atoms with Gasteiger partial charge < -0.3 is 21.3 Å². The quantitative estimate of drug-likeness (QED) is 0.0403. The normalized spacial score (nSPS) is 15.8. The zero-order valence-electron chi connectivity index (χ0n) is 76.5. The third-order valence-corrected chi connectivity index (χ3v) is 30.5. The van der Waals surface area contributed by atoms with Gasteiger partial charge in [-0.05, 0) is 282 Å². The highest BCUT2D eigenvalue weighted by molar-refractivity contribution is 7.17. The Morgan fingerprint density at radius 3 is 1.05 bits per heavy atom. The second-order valence-electron chi connectivity index (χ2n) is 34.0. The number of carbonyl (C=O) groups excluding carboxylic acids is 4. The van der Waals surface area contributed by atoms with Crippen molar-refractivity contribution in [2.75, 3.05) is 39.3 Å². The molecular formula is C103H116Cl8N14O4S4. The lowest BCUT2D eigenvalue weighted by molar-refractivity contribution is 0.0715. The van der Waals surface area contributed by atoms with E-state index in [0.717, 1.165) is 215 Å². The number of piperidine rings is 2. The molecule has 12 aromatic rings. The largest absolute Gasteiger partial charge is 0.364 e. The average Bonchev–Trinajstić information content (AvgIpc) is 1.58. The Morgan fingerprint density at radius 1 is 0.391 bits per heavy atom. The zero-order chi connectivity index (χ0) is 94.4. The van der Waals surface area contributed by atoms with Gasteiger partial charge in [0, 0.05) is 94.1 Å². The summed E-state index contributed by atoms with van der Waals surface area (Å²) in [6.07, 6.45) is 42.7. The number of hydrazine groups is 1. The molecule has 0 bridgehead atoms. The Labute approximate surface area is 837 Å². The summed E-state index contributed by atoms with van der Waals surface area (Å²) in [6, 6.07) is 38.0. The Bertz CT molecular complexity index is 5940. The number of unbranched alkanes of at least 4 members (excludes halogenated alkanes) is 4. The number of fused-ring (bicyclic) bond motifs is 1. The van der Waals surface area contributed by atoms with Crippen LogP contribution in [0.4, 0.5) is 0 Å². The molecule has 11 heterocycles. The van der Waals surface area contributed by atoms with Gasteiger partial charge in [-0.3, -0.25) is 24.6 Å². The van der Waals surface area contributed by atoms with E-state index in [2.05, 4.69) is 140 Å². The van der Waals surface area contributed by atoms with Crippen molar-refractivity contribution in [2.24, 2.45) is 17.6 Å². The van der Waals surface area contributed by atoms with Crippen molar-refractivity contribution in [3.63, 3.8) is 0 Å². The van der Waals surface area contributed by atoms with Crippen molar-refractivity contribution >= 4 is 186 Å². The number of primary amides is 1. The molecule has 5 aliphatic rings. The van der Waals surface area contributed by atoms with Crippen molar-refractivity contribution in [2.45, 2.75) is 203 Å². The lowest BCUT2D eigenvalue weighted by Gasteiger charge is -2.26. The van der Waals surface area contributed by atoms with E-state index >= 15 is 0 Å². The van der Waals surface area contributed by atoms with E-state index < -0.39 is 5.91 Å². The van der Waals surface area contributed by atoms with Gasteiger partial charge in [0.2, 0.25) is 0 Å². The number of likely N-dealkylation sites (tertiary alicyclic amines) is 1. The van der Waals surface area contributed by atoms with Gasteiger partial charge in [0.25, 0.3) is 23.6 Å². The lowest BCUT2D eigenvalue weighted by atomic mass is 9.95. The van der Waals surface area contributed by atoms with Crippen molar-refractivity contribution in [3.05, 3.63) is 250 Å². The van der Waals surface area contributed by atoms with Gasteiger partial charge in [-0.15, -0.1) is 45.3 Å². The summed E-state index contributed by atoms with van der Waals surface area (Å²) in [4.78, 5) is 62.3. The molecule has 4 amide bonds. The van der Waals surface area contributed by atoms with Crippen molar-refractivity contribution in [3.8, 4) is 65.0 Å². The molecule has 2 saturated carbocycles. The molecule has 133 heavy (non-hydrogen) atoms. The van der Waals surface area contributed by atoms with Crippen LogP contribution in [0, 0.1) is 39.5 Å². The van der Waals surface area contributed by atoms with Crippen LogP contribution >= 0.6 is 138 Å². The van der Waals surface area contributed by atoms with Crippen molar-refractivity contribution in [1.82, 2.24) is 65.1 Å². The highest BCUT2D eigenvalue weighted by Crippen LogP contribution is 2.44. The van der Waals surface area contributed by atoms with E-state index in [1.807, 2.05) is 61.9 Å². The second-order valence-corrected chi connectivity index (χ2v) is 41.9. The first-order valence-corrected chi connectivity index (χ1v) is 52.6. The van der Waals surface area contributed by atoms with Crippen LogP contribution in [0.3, 0.4) is 0 Å². The first kappa shape index (κ1) is 102. The summed E-state index contributed by atoms with van der Waals surface area (Å²) in [5, 5.41) is 31.5. The fourth-order valence-corrected chi connectivity index (χ4v) is 23.2. The molecule has 0 radical (unpaired) electrons. The number of aromatic nitrogens is 8. The molecule has 2 atom stereocenters. The van der Waals surface area contributed by atoms with Crippen LogP contribution in [0.15, 0.2) is 146 Å². The average molecular weight is 2030 g/mol. The van der Waals surface area contributed by atoms with Gasteiger partial charge in [0.1, 0.15) is 0 Å². The van der Waals surface area contributed by atoms with Gasteiger partial charge in [-0.25, -0.2) is 23.7 Å². The van der Waals surface area contributed by atoms with Crippen LogP contribution in [-0.2, 0) is 0 Å². The number of allylic oxidation sites excluding steroid dienone is 4. The van der Waals surface area contributed by atoms with Gasteiger partial charge in [-0.2, -0.15) is 20.4 Å². The number of nitrogens with zero attached hydrogens (tertiary/aromatic N) is 10. The molecule has 2 unspecified atom stereocenters. The maximum Gasteiger partial charge on any atom is 0.286 e. The number of hydrogen-bond donors (Lipinski definition) is 4. The maximum atomic E-state index is 13.4. The van der Waals surface area contributed by atoms with Crippen LogP contribution in [0.5, 0.6) is 0 Å².